The molecule has 0 saturated carbocycles. The molecule has 34 heavy (non-hydrogen) atoms. The van der Waals surface area contributed by atoms with E-state index < -0.39 is 26.9 Å². The fourth-order valence-electron chi connectivity index (χ4n) is 4.39. The number of aromatic nitrogens is 3. The lowest BCUT2D eigenvalue weighted by atomic mass is 9.74. The molecular formula is C21H20F4N4O4S. The van der Waals surface area contributed by atoms with Crippen molar-refractivity contribution in [2.45, 2.75) is 44.2 Å². The molecule has 1 aliphatic carbocycles. The van der Waals surface area contributed by atoms with Crippen molar-refractivity contribution < 1.29 is 35.0 Å². The van der Waals surface area contributed by atoms with E-state index in [4.69, 9.17) is 0 Å². The molecule has 1 saturated heterocycles. The quantitative estimate of drug-likeness (QED) is 0.267. The number of rotatable bonds is 5. The van der Waals surface area contributed by atoms with Crippen molar-refractivity contribution in [2.75, 3.05) is 6.54 Å². The summed E-state index contributed by atoms with van der Waals surface area (Å²) in [5.74, 6) is 1.64. The van der Waals surface area contributed by atoms with Crippen LogP contribution < -0.4 is 0 Å². The van der Waals surface area contributed by atoms with Gasteiger partial charge in [-0.15, -0.1) is 0 Å². The summed E-state index contributed by atoms with van der Waals surface area (Å²) in [6, 6.07) is 3.19. The SMILES string of the molecule is C[C@@H](c1ccc(-n2cc(F)cn2)nc1)N1CCC2(CC=C(OS(=O)(=O)C(F)(F)F)CC2)C1=C=O. The molecule has 1 unspecified atom stereocenters. The standard InChI is InChI=1S/C21H20F4N4O4S/c1-14(15-2-3-19(26-10-15)29-12-16(22)11-27-29)28-9-8-20(18(28)13-30)6-4-17(5-7-20)33-34(31,32)21(23,24)25/h2-4,10-12,14H,5-9H2,1H3/t14-,20?/m0/s1. The Morgan fingerprint density at radius 2 is 2.00 bits per heavy atom. The molecule has 2 atom stereocenters. The molecule has 0 radical (unpaired) electrons. The van der Waals surface area contributed by atoms with Crippen molar-refractivity contribution in [3.63, 3.8) is 0 Å². The van der Waals surface area contributed by atoms with Gasteiger partial charge in [-0.1, -0.05) is 6.07 Å². The van der Waals surface area contributed by atoms with E-state index in [0.29, 0.717) is 24.5 Å². The third-order valence-electron chi connectivity index (χ3n) is 6.29. The number of likely N-dealkylation sites (tertiary alicyclic amines) is 1. The Hall–Kier alpha value is -3.18. The second-order valence-corrected chi connectivity index (χ2v) is 9.80. The smallest absolute Gasteiger partial charge is 0.381 e. The Bertz CT molecular complexity index is 1270. The van der Waals surface area contributed by atoms with Crippen molar-refractivity contribution in [3.8, 4) is 5.82 Å². The van der Waals surface area contributed by atoms with Crippen molar-refractivity contribution in [2.24, 2.45) is 5.41 Å². The summed E-state index contributed by atoms with van der Waals surface area (Å²) in [6.07, 6.45) is 6.07. The summed E-state index contributed by atoms with van der Waals surface area (Å²) in [4.78, 5) is 18.1. The average molecular weight is 500 g/mol. The van der Waals surface area contributed by atoms with Gasteiger partial charge < -0.3 is 9.08 Å². The number of allylic oxidation sites excluding steroid dienone is 3. The molecule has 2 aromatic rings. The highest BCUT2D eigenvalue weighted by atomic mass is 32.2. The third kappa shape index (κ3) is 4.32. The van der Waals surface area contributed by atoms with Gasteiger partial charge in [0.2, 0.25) is 0 Å². The zero-order valence-electron chi connectivity index (χ0n) is 17.9. The van der Waals surface area contributed by atoms with Crippen molar-refractivity contribution in [1.29, 1.82) is 0 Å². The van der Waals surface area contributed by atoms with Gasteiger partial charge in [0.05, 0.1) is 18.4 Å². The summed E-state index contributed by atoms with van der Waals surface area (Å²) in [5.41, 5.74) is -5.00. The molecule has 2 aromatic heterocycles. The molecule has 3 heterocycles. The highest BCUT2D eigenvalue weighted by molar-refractivity contribution is 7.87. The first-order valence-electron chi connectivity index (χ1n) is 10.3. The lowest BCUT2D eigenvalue weighted by molar-refractivity contribution is -0.0525. The van der Waals surface area contributed by atoms with E-state index in [1.807, 2.05) is 17.8 Å². The minimum absolute atomic E-state index is 0.0562. The van der Waals surface area contributed by atoms with E-state index in [2.05, 4.69) is 14.3 Å². The second kappa shape index (κ2) is 8.55. The summed E-state index contributed by atoms with van der Waals surface area (Å²) in [7, 11) is -5.73. The van der Waals surface area contributed by atoms with E-state index in [-0.39, 0.29) is 31.1 Å². The van der Waals surface area contributed by atoms with Crippen LogP contribution in [0.15, 0.2) is 48.3 Å². The van der Waals surface area contributed by atoms with Gasteiger partial charge in [-0.3, -0.25) is 0 Å². The van der Waals surface area contributed by atoms with Crippen LogP contribution in [0.2, 0.25) is 0 Å². The number of pyridine rings is 1. The molecule has 8 nitrogen and oxygen atoms in total. The third-order valence-corrected chi connectivity index (χ3v) is 7.30. The van der Waals surface area contributed by atoms with Crippen LogP contribution in [0.1, 0.15) is 44.2 Å². The van der Waals surface area contributed by atoms with E-state index >= 15 is 0 Å². The maximum atomic E-state index is 13.2. The Labute approximate surface area is 192 Å². The zero-order valence-corrected chi connectivity index (χ0v) is 18.7. The van der Waals surface area contributed by atoms with Crippen molar-refractivity contribution in [3.05, 3.63) is 59.6 Å². The number of hydrogen-bond donors (Lipinski definition) is 0. The summed E-state index contributed by atoms with van der Waals surface area (Å²) < 4.78 is 79.1. The normalized spacial score (nSPS) is 22.0. The summed E-state index contributed by atoms with van der Waals surface area (Å²) in [6.45, 7) is 2.38. The van der Waals surface area contributed by atoms with E-state index in [1.54, 1.807) is 18.3 Å². The minimum atomic E-state index is -5.73. The van der Waals surface area contributed by atoms with Crippen LogP contribution in [-0.4, -0.2) is 46.1 Å². The predicted molar refractivity (Wildman–Crippen MR) is 111 cm³/mol. The molecule has 0 aromatic carbocycles. The number of hydrogen-bond acceptors (Lipinski definition) is 7. The lowest BCUT2D eigenvalue weighted by Crippen LogP contribution is -2.30. The van der Waals surface area contributed by atoms with Gasteiger partial charge >= 0.3 is 15.6 Å². The summed E-state index contributed by atoms with van der Waals surface area (Å²) >= 11 is 0. The van der Waals surface area contributed by atoms with Crippen LogP contribution >= 0.6 is 0 Å². The number of nitrogens with zero attached hydrogens (tertiary/aromatic N) is 4. The van der Waals surface area contributed by atoms with Gasteiger partial charge in [-0.25, -0.2) is 18.9 Å². The maximum absolute atomic E-state index is 13.2. The van der Waals surface area contributed by atoms with Crippen LogP contribution in [0.3, 0.4) is 0 Å². The van der Waals surface area contributed by atoms with Crippen LogP contribution in [0, 0.1) is 11.2 Å². The lowest BCUT2D eigenvalue weighted by Gasteiger charge is -2.34. The second-order valence-electron chi connectivity index (χ2n) is 8.26. The highest BCUT2D eigenvalue weighted by Gasteiger charge is 2.50. The maximum Gasteiger partial charge on any atom is 0.534 e. The first-order chi connectivity index (χ1) is 16.0. The molecular weight excluding hydrogens is 480 g/mol. The molecule has 1 aliphatic heterocycles. The van der Waals surface area contributed by atoms with Gasteiger partial charge in [-0.2, -0.15) is 26.7 Å². The Kier molecular flexibility index (Phi) is 6.03. The molecule has 0 amide bonds. The fraction of sp³-hybridized carbons (Fsp3) is 0.429. The largest absolute Gasteiger partial charge is 0.534 e. The molecule has 1 spiro atoms. The zero-order chi connectivity index (χ0) is 24.7. The van der Waals surface area contributed by atoms with Crippen LogP contribution in [0.25, 0.3) is 5.82 Å². The first-order valence-corrected chi connectivity index (χ1v) is 11.8. The molecule has 0 N–H and O–H groups in total. The number of halogens is 4. The molecule has 4 rings (SSSR count). The van der Waals surface area contributed by atoms with E-state index in [0.717, 1.165) is 11.8 Å². The monoisotopic (exact) mass is 500 g/mol. The number of alkyl halides is 3. The van der Waals surface area contributed by atoms with Gasteiger partial charge in [0.1, 0.15) is 17.4 Å². The fourth-order valence-corrected chi connectivity index (χ4v) is 4.92. The Morgan fingerprint density at radius 3 is 2.53 bits per heavy atom. The van der Waals surface area contributed by atoms with Gasteiger partial charge in [0, 0.05) is 24.6 Å². The topological polar surface area (TPSA) is 94.4 Å². The molecule has 182 valence electrons. The molecule has 0 bridgehead atoms. The minimum Gasteiger partial charge on any atom is -0.381 e. The van der Waals surface area contributed by atoms with E-state index in [9.17, 15) is 30.8 Å². The number of carbonyl (C=O) groups excluding carboxylic acids is 1. The van der Waals surface area contributed by atoms with Crippen LogP contribution in [0.5, 0.6) is 0 Å². The van der Waals surface area contributed by atoms with Crippen molar-refractivity contribution in [1.82, 2.24) is 19.7 Å². The van der Waals surface area contributed by atoms with Crippen molar-refractivity contribution >= 4 is 16.1 Å². The average Bonchev–Trinajstić information content (AvgIpc) is 3.38. The van der Waals surface area contributed by atoms with Crippen LogP contribution in [0.4, 0.5) is 17.6 Å². The molecule has 13 heteroatoms. The van der Waals surface area contributed by atoms with Gasteiger partial charge in [0.15, 0.2) is 11.6 Å². The first kappa shape index (κ1) is 24.0. The van der Waals surface area contributed by atoms with E-state index in [1.165, 1.54) is 17.0 Å². The van der Waals surface area contributed by atoms with Gasteiger partial charge in [-0.05, 0) is 43.9 Å². The molecule has 2 aliphatic rings. The Balaban J connectivity index is 1.49. The summed E-state index contributed by atoms with van der Waals surface area (Å²) in [5, 5.41) is 3.86. The Morgan fingerprint density at radius 1 is 1.24 bits per heavy atom. The highest BCUT2D eigenvalue weighted by Crippen LogP contribution is 2.51. The van der Waals surface area contributed by atoms with Crippen LogP contribution in [-0.2, 0) is 19.1 Å². The van der Waals surface area contributed by atoms with Gasteiger partial charge in [0.25, 0.3) is 0 Å². The predicted octanol–water partition coefficient (Wildman–Crippen LogP) is 3.81. The molecule has 1 fully saturated rings.